The standard InChI is InChI=1S/C12H11N3O3/c1-18-12(17)10-5-6-11(16)9(8-10)4-2-3-7-14-15-13/h5-6,8,16H,3,7H2,1H3. The summed E-state index contributed by atoms with van der Waals surface area (Å²) in [6, 6.07) is 4.28. The van der Waals surface area contributed by atoms with Gasteiger partial charge in [0.2, 0.25) is 0 Å². The Morgan fingerprint density at radius 3 is 3.06 bits per heavy atom. The molecule has 18 heavy (non-hydrogen) atoms. The number of esters is 1. The van der Waals surface area contributed by atoms with Crippen molar-refractivity contribution in [2.75, 3.05) is 13.7 Å². The van der Waals surface area contributed by atoms with Crippen LogP contribution < -0.4 is 0 Å². The lowest BCUT2D eigenvalue weighted by Crippen LogP contribution is -2.01. The van der Waals surface area contributed by atoms with E-state index in [-0.39, 0.29) is 12.3 Å². The normalized spacial score (nSPS) is 8.72. The topological polar surface area (TPSA) is 95.3 Å². The predicted octanol–water partition coefficient (Wildman–Crippen LogP) is 2.23. The number of rotatable bonds is 3. The van der Waals surface area contributed by atoms with Gasteiger partial charge in [-0.3, -0.25) is 0 Å². The Morgan fingerprint density at radius 1 is 1.61 bits per heavy atom. The van der Waals surface area contributed by atoms with Crippen molar-refractivity contribution in [2.24, 2.45) is 5.11 Å². The Labute approximate surface area is 104 Å². The van der Waals surface area contributed by atoms with Crippen molar-refractivity contribution in [1.82, 2.24) is 0 Å². The maximum absolute atomic E-state index is 11.3. The molecule has 1 aromatic rings. The molecule has 0 unspecified atom stereocenters. The van der Waals surface area contributed by atoms with Crippen molar-refractivity contribution in [3.63, 3.8) is 0 Å². The van der Waals surface area contributed by atoms with Gasteiger partial charge in [0, 0.05) is 17.9 Å². The Balaban J connectivity index is 2.87. The third-order valence-corrected chi connectivity index (χ3v) is 2.04. The molecule has 1 rings (SSSR count). The second-order valence-electron chi connectivity index (χ2n) is 3.23. The van der Waals surface area contributed by atoms with Gasteiger partial charge in [-0.1, -0.05) is 17.0 Å². The minimum absolute atomic E-state index is 0.0149. The van der Waals surface area contributed by atoms with E-state index in [1.54, 1.807) is 0 Å². The lowest BCUT2D eigenvalue weighted by Gasteiger charge is -2.01. The van der Waals surface area contributed by atoms with Crippen LogP contribution in [0.15, 0.2) is 23.3 Å². The summed E-state index contributed by atoms with van der Waals surface area (Å²) >= 11 is 0. The van der Waals surface area contributed by atoms with Crippen LogP contribution in [0.2, 0.25) is 0 Å². The highest BCUT2D eigenvalue weighted by Crippen LogP contribution is 2.17. The highest BCUT2D eigenvalue weighted by molar-refractivity contribution is 5.90. The molecule has 0 saturated carbocycles. The largest absolute Gasteiger partial charge is 0.507 e. The lowest BCUT2D eigenvalue weighted by atomic mass is 10.1. The van der Waals surface area contributed by atoms with E-state index in [2.05, 4.69) is 26.6 Å². The first-order valence-electron chi connectivity index (χ1n) is 5.10. The van der Waals surface area contributed by atoms with Crippen LogP contribution in [-0.4, -0.2) is 24.7 Å². The average molecular weight is 245 g/mol. The number of nitrogens with zero attached hydrogens (tertiary/aromatic N) is 3. The van der Waals surface area contributed by atoms with Crippen LogP contribution in [0.1, 0.15) is 22.3 Å². The summed E-state index contributed by atoms with van der Waals surface area (Å²) in [5, 5.41) is 12.9. The van der Waals surface area contributed by atoms with Crippen molar-refractivity contribution in [1.29, 1.82) is 0 Å². The summed E-state index contributed by atoms with van der Waals surface area (Å²) in [5.41, 5.74) is 8.72. The fourth-order valence-electron chi connectivity index (χ4n) is 1.19. The molecule has 6 nitrogen and oxygen atoms in total. The third-order valence-electron chi connectivity index (χ3n) is 2.04. The molecule has 6 heteroatoms. The number of benzene rings is 1. The van der Waals surface area contributed by atoms with Crippen molar-refractivity contribution >= 4 is 5.97 Å². The molecular weight excluding hydrogens is 234 g/mol. The van der Waals surface area contributed by atoms with Crippen LogP contribution in [0.25, 0.3) is 10.4 Å². The quantitative estimate of drug-likeness (QED) is 0.221. The maximum Gasteiger partial charge on any atom is 0.337 e. The molecule has 0 radical (unpaired) electrons. The van der Waals surface area contributed by atoms with E-state index in [0.29, 0.717) is 17.5 Å². The smallest absolute Gasteiger partial charge is 0.337 e. The number of hydrogen-bond acceptors (Lipinski definition) is 4. The summed E-state index contributed by atoms with van der Waals surface area (Å²) < 4.78 is 4.56. The van der Waals surface area contributed by atoms with Gasteiger partial charge >= 0.3 is 5.97 Å². The molecule has 0 atom stereocenters. The van der Waals surface area contributed by atoms with Crippen LogP contribution in [0.5, 0.6) is 5.75 Å². The van der Waals surface area contributed by atoms with Crippen molar-refractivity contribution < 1.29 is 14.6 Å². The number of carbonyl (C=O) groups is 1. The van der Waals surface area contributed by atoms with E-state index < -0.39 is 5.97 Å². The van der Waals surface area contributed by atoms with Crippen molar-refractivity contribution in [3.8, 4) is 17.6 Å². The average Bonchev–Trinajstić information content (AvgIpc) is 2.39. The van der Waals surface area contributed by atoms with E-state index in [4.69, 9.17) is 5.53 Å². The number of azide groups is 1. The Kier molecular flexibility index (Phi) is 5.10. The summed E-state index contributed by atoms with van der Waals surface area (Å²) in [4.78, 5) is 13.9. The van der Waals surface area contributed by atoms with Crippen molar-refractivity contribution in [3.05, 3.63) is 39.8 Å². The van der Waals surface area contributed by atoms with Crippen LogP contribution >= 0.6 is 0 Å². The van der Waals surface area contributed by atoms with Gasteiger partial charge in [0.15, 0.2) is 0 Å². The summed E-state index contributed by atoms with van der Waals surface area (Å²) in [5.74, 6) is 4.93. The van der Waals surface area contributed by atoms with Gasteiger partial charge in [0.1, 0.15) is 5.75 Å². The molecule has 0 spiro atoms. The maximum atomic E-state index is 11.3. The number of methoxy groups -OCH3 is 1. The number of aromatic hydroxyl groups is 1. The number of phenolic OH excluding ortho intramolecular Hbond substituents is 1. The fourth-order valence-corrected chi connectivity index (χ4v) is 1.19. The van der Waals surface area contributed by atoms with Gasteiger partial charge in [0.25, 0.3) is 0 Å². The zero-order valence-electron chi connectivity index (χ0n) is 9.75. The van der Waals surface area contributed by atoms with Gasteiger partial charge in [-0.25, -0.2) is 4.79 Å². The molecule has 0 heterocycles. The summed E-state index contributed by atoms with van der Waals surface area (Å²) in [7, 11) is 1.28. The molecule has 1 N–H and O–H groups in total. The molecule has 0 fully saturated rings. The van der Waals surface area contributed by atoms with Crippen molar-refractivity contribution in [2.45, 2.75) is 6.42 Å². The molecule has 0 aromatic heterocycles. The number of carbonyl (C=O) groups excluding carboxylic acids is 1. The van der Waals surface area contributed by atoms with Gasteiger partial charge in [-0.2, -0.15) is 0 Å². The monoisotopic (exact) mass is 245 g/mol. The van der Waals surface area contributed by atoms with Crippen LogP contribution in [-0.2, 0) is 4.74 Å². The van der Waals surface area contributed by atoms with E-state index in [0.717, 1.165) is 0 Å². The van der Waals surface area contributed by atoms with Gasteiger partial charge in [-0.05, 0) is 23.7 Å². The molecule has 0 aliphatic carbocycles. The minimum atomic E-state index is -0.493. The first-order chi connectivity index (χ1) is 8.69. The Morgan fingerprint density at radius 2 is 2.39 bits per heavy atom. The lowest BCUT2D eigenvalue weighted by molar-refractivity contribution is 0.0600. The highest BCUT2D eigenvalue weighted by atomic mass is 16.5. The second-order valence-corrected chi connectivity index (χ2v) is 3.23. The third kappa shape index (κ3) is 3.74. The molecular formula is C12H11N3O3. The first-order valence-corrected chi connectivity index (χ1v) is 5.10. The minimum Gasteiger partial charge on any atom is -0.507 e. The number of phenols is 1. The summed E-state index contributed by atoms with van der Waals surface area (Å²) in [6.45, 7) is 0.265. The first kappa shape index (κ1) is 13.4. The van der Waals surface area contributed by atoms with Gasteiger partial charge in [0.05, 0.1) is 18.2 Å². The number of hydrogen-bond donors (Lipinski definition) is 1. The van der Waals surface area contributed by atoms with E-state index in [1.807, 2.05) is 0 Å². The predicted molar refractivity (Wildman–Crippen MR) is 65.0 cm³/mol. The molecule has 0 saturated heterocycles. The molecule has 92 valence electrons. The zero-order chi connectivity index (χ0) is 13.4. The summed E-state index contributed by atoms with van der Waals surface area (Å²) in [6.07, 6.45) is 0.381. The van der Waals surface area contributed by atoms with Crippen LogP contribution in [0, 0.1) is 11.8 Å². The second kappa shape index (κ2) is 6.84. The SMILES string of the molecule is COC(=O)c1ccc(O)c(C#CCCN=[N+]=[N-])c1. The molecule has 0 amide bonds. The molecule has 1 aromatic carbocycles. The Bertz CT molecular complexity index is 551. The van der Waals surface area contributed by atoms with Gasteiger partial charge in [-0.15, -0.1) is 0 Å². The van der Waals surface area contributed by atoms with E-state index in [9.17, 15) is 9.90 Å². The molecule has 0 aliphatic rings. The number of ether oxygens (including phenoxy) is 1. The zero-order valence-corrected chi connectivity index (χ0v) is 9.75. The van der Waals surface area contributed by atoms with Crippen LogP contribution in [0.4, 0.5) is 0 Å². The molecule has 0 aliphatic heterocycles. The van der Waals surface area contributed by atoms with E-state index >= 15 is 0 Å². The highest BCUT2D eigenvalue weighted by Gasteiger charge is 2.07. The van der Waals surface area contributed by atoms with Gasteiger partial charge < -0.3 is 9.84 Å². The van der Waals surface area contributed by atoms with Crippen LogP contribution in [0.3, 0.4) is 0 Å². The van der Waals surface area contributed by atoms with E-state index in [1.165, 1.54) is 25.3 Å². The fraction of sp³-hybridized carbons (Fsp3) is 0.250. The molecule has 0 bridgehead atoms. The Hall–Kier alpha value is -2.64.